The fraction of sp³-hybridized carbons (Fsp3) is 0.944. The molecule has 124 valence electrons. The minimum atomic E-state index is 0.228. The molecule has 0 aliphatic heterocycles. The lowest BCUT2D eigenvalue weighted by Gasteiger charge is -2.35. The molecule has 1 aliphatic carbocycles. The molecule has 3 heteroatoms. The Labute approximate surface area is 131 Å². The number of hydrogen-bond donors (Lipinski definition) is 2. The van der Waals surface area contributed by atoms with Gasteiger partial charge in [-0.05, 0) is 61.8 Å². The van der Waals surface area contributed by atoms with E-state index in [9.17, 15) is 4.79 Å². The van der Waals surface area contributed by atoms with Crippen molar-refractivity contribution in [3.63, 3.8) is 0 Å². The minimum Gasteiger partial charge on any atom is -0.353 e. The number of rotatable bonds is 6. The zero-order valence-corrected chi connectivity index (χ0v) is 14.8. The first-order chi connectivity index (χ1) is 9.64. The number of carbonyl (C=O) groups is 1. The Morgan fingerprint density at radius 2 is 1.81 bits per heavy atom. The summed E-state index contributed by atoms with van der Waals surface area (Å²) in [4.78, 5) is 12.2. The Balaban J connectivity index is 2.33. The van der Waals surface area contributed by atoms with Crippen LogP contribution in [0.5, 0.6) is 0 Å². The molecule has 0 saturated heterocycles. The van der Waals surface area contributed by atoms with Gasteiger partial charge in [-0.25, -0.2) is 0 Å². The summed E-state index contributed by atoms with van der Waals surface area (Å²) in [7, 11) is 0. The lowest BCUT2D eigenvalue weighted by atomic mass is 9.75. The number of hydrogen-bond acceptors (Lipinski definition) is 2. The van der Waals surface area contributed by atoms with Crippen LogP contribution in [0.4, 0.5) is 0 Å². The van der Waals surface area contributed by atoms with Crippen molar-refractivity contribution in [2.75, 3.05) is 6.54 Å². The predicted molar refractivity (Wildman–Crippen MR) is 90.0 cm³/mol. The molecule has 1 aliphatic rings. The Bertz CT molecular complexity index is 321. The van der Waals surface area contributed by atoms with Crippen molar-refractivity contribution in [2.24, 2.45) is 22.5 Å². The maximum absolute atomic E-state index is 12.2. The molecule has 1 amide bonds. The molecule has 1 rings (SSSR count). The second-order valence-electron chi connectivity index (χ2n) is 8.68. The summed E-state index contributed by atoms with van der Waals surface area (Å²) in [6.07, 6.45) is 7.29. The molecule has 0 bridgehead atoms. The average Bonchev–Trinajstić information content (AvgIpc) is 2.35. The van der Waals surface area contributed by atoms with Gasteiger partial charge in [0.15, 0.2) is 0 Å². The summed E-state index contributed by atoms with van der Waals surface area (Å²) in [6, 6.07) is 0.396. The molecule has 0 aromatic carbocycles. The fourth-order valence-corrected chi connectivity index (χ4v) is 3.36. The molecular formula is C18H36N2O. The van der Waals surface area contributed by atoms with Crippen LogP contribution in [0.1, 0.15) is 79.6 Å². The maximum Gasteiger partial charge on any atom is 0.220 e. The quantitative estimate of drug-likeness (QED) is 0.782. The van der Waals surface area contributed by atoms with Crippen molar-refractivity contribution >= 4 is 5.91 Å². The highest BCUT2D eigenvalue weighted by atomic mass is 16.1. The first kappa shape index (κ1) is 18.5. The summed E-state index contributed by atoms with van der Waals surface area (Å²) in [6.45, 7) is 12.1. The van der Waals surface area contributed by atoms with E-state index in [1.165, 1.54) is 12.8 Å². The van der Waals surface area contributed by atoms with Gasteiger partial charge < -0.3 is 11.1 Å². The largest absolute Gasteiger partial charge is 0.353 e. The summed E-state index contributed by atoms with van der Waals surface area (Å²) in [5, 5.41) is 3.24. The van der Waals surface area contributed by atoms with Crippen LogP contribution in [0.25, 0.3) is 0 Å². The van der Waals surface area contributed by atoms with Gasteiger partial charge in [-0.3, -0.25) is 4.79 Å². The topological polar surface area (TPSA) is 55.1 Å². The number of carbonyl (C=O) groups excluding carboxylic acids is 1. The molecule has 1 unspecified atom stereocenters. The van der Waals surface area contributed by atoms with E-state index < -0.39 is 0 Å². The third kappa shape index (κ3) is 6.82. The Morgan fingerprint density at radius 1 is 1.24 bits per heavy atom. The highest BCUT2D eigenvalue weighted by Gasteiger charge is 2.28. The minimum absolute atomic E-state index is 0.228. The SMILES string of the molecule is CC1(C)CCC(NC(=O)CCC(CCN)C(C)(C)C)CC1. The van der Waals surface area contributed by atoms with Gasteiger partial charge >= 0.3 is 0 Å². The maximum atomic E-state index is 12.2. The standard InChI is InChI=1S/C18H36N2O/c1-17(2,3)14(10-13-19)6-7-16(21)20-15-8-11-18(4,5)12-9-15/h14-15H,6-13,19H2,1-5H3,(H,20,21). The van der Waals surface area contributed by atoms with Crippen molar-refractivity contribution in [1.82, 2.24) is 5.32 Å². The van der Waals surface area contributed by atoms with E-state index in [1.807, 2.05) is 0 Å². The van der Waals surface area contributed by atoms with Gasteiger partial charge in [-0.15, -0.1) is 0 Å². The highest BCUT2D eigenvalue weighted by molar-refractivity contribution is 5.76. The second-order valence-corrected chi connectivity index (χ2v) is 8.68. The summed E-state index contributed by atoms with van der Waals surface area (Å²) >= 11 is 0. The van der Waals surface area contributed by atoms with Gasteiger partial charge in [0, 0.05) is 12.5 Å². The van der Waals surface area contributed by atoms with Crippen LogP contribution < -0.4 is 11.1 Å². The van der Waals surface area contributed by atoms with E-state index in [4.69, 9.17) is 5.73 Å². The number of amides is 1. The zero-order valence-electron chi connectivity index (χ0n) is 14.8. The van der Waals surface area contributed by atoms with Crippen LogP contribution in [0.15, 0.2) is 0 Å². The van der Waals surface area contributed by atoms with Gasteiger partial charge in [0.1, 0.15) is 0 Å². The molecule has 0 aromatic rings. The van der Waals surface area contributed by atoms with Crippen LogP contribution in [0.3, 0.4) is 0 Å². The van der Waals surface area contributed by atoms with Crippen molar-refractivity contribution in [3.8, 4) is 0 Å². The Hall–Kier alpha value is -0.570. The van der Waals surface area contributed by atoms with E-state index >= 15 is 0 Å². The molecule has 0 radical (unpaired) electrons. The molecule has 21 heavy (non-hydrogen) atoms. The molecule has 0 spiro atoms. The van der Waals surface area contributed by atoms with Gasteiger partial charge in [-0.1, -0.05) is 34.6 Å². The molecule has 0 aromatic heterocycles. The summed E-state index contributed by atoms with van der Waals surface area (Å²) < 4.78 is 0. The molecule has 3 nitrogen and oxygen atoms in total. The van der Waals surface area contributed by atoms with E-state index in [-0.39, 0.29) is 11.3 Å². The second kappa shape index (κ2) is 7.62. The number of nitrogens with two attached hydrogens (primary N) is 1. The van der Waals surface area contributed by atoms with Crippen LogP contribution in [-0.4, -0.2) is 18.5 Å². The lowest BCUT2D eigenvalue weighted by Crippen LogP contribution is -2.39. The average molecular weight is 296 g/mol. The van der Waals surface area contributed by atoms with Crippen LogP contribution in [0.2, 0.25) is 0 Å². The van der Waals surface area contributed by atoms with Crippen molar-refractivity contribution in [1.29, 1.82) is 0 Å². The third-order valence-corrected chi connectivity index (χ3v) is 5.16. The first-order valence-electron chi connectivity index (χ1n) is 8.63. The molecule has 1 atom stereocenters. The van der Waals surface area contributed by atoms with Gasteiger partial charge in [0.05, 0.1) is 0 Å². The zero-order chi connectivity index (χ0) is 16.1. The monoisotopic (exact) mass is 296 g/mol. The molecule has 0 heterocycles. The van der Waals surface area contributed by atoms with E-state index in [2.05, 4.69) is 39.9 Å². The number of nitrogens with one attached hydrogen (secondary N) is 1. The van der Waals surface area contributed by atoms with E-state index in [0.717, 1.165) is 25.7 Å². The van der Waals surface area contributed by atoms with Gasteiger partial charge in [0.2, 0.25) is 5.91 Å². The van der Waals surface area contributed by atoms with Gasteiger partial charge in [-0.2, -0.15) is 0 Å². The van der Waals surface area contributed by atoms with Gasteiger partial charge in [0.25, 0.3) is 0 Å². The molecule has 1 saturated carbocycles. The summed E-state index contributed by atoms with van der Waals surface area (Å²) in [5.74, 6) is 0.754. The molecule has 1 fully saturated rings. The Kier molecular flexibility index (Phi) is 6.71. The van der Waals surface area contributed by atoms with Crippen LogP contribution in [0, 0.1) is 16.7 Å². The van der Waals surface area contributed by atoms with Crippen molar-refractivity contribution < 1.29 is 4.79 Å². The fourth-order valence-electron chi connectivity index (χ4n) is 3.36. The van der Waals surface area contributed by atoms with Crippen LogP contribution in [-0.2, 0) is 4.79 Å². The van der Waals surface area contributed by atoms with E-state index in [0.29, 0.717) is 30.3 Å². The first-order valence-corrected chi connectivity index (χ1v) is 8.63. The van der Waals surface area contributed by atoms with Crippen molar-refractivity contribution in [3.05, 3.63) is 0 Å². The highest BCUT2D eigenvalue weighted by Crippen LogP contribution is 2.35. The summed E-state index contributed by atoms with van der Waals surface area (Å²) in [5.41, 5.74) is 6.40. The molecular weight excluding hydrogens is 260 g/mol. The van der Waals surface area contributed by atoms with Crippen molar-refractivity contribution in [2.45, 2.75) is 85.6 Å². The Morgan fingerprint density at radius 3 is 2.29 bits per heavy atom. The smallest absolute Gasteiger partial charge is 0.220 e. The normalized spacial score (nSPS) is 21.0. The van der Waals surface area contributed by atoms with Crippen LogP contribution >= 0.6 is 0 Å². The predicted octanol–water partition coefficient (Wildman–Crippen LogP) is 3.86. The lowest BCUT2D eigenvalue weighted by molar-refractivity contribution is -0.122. The third-order valence-electron chi connectivity index (χ3n) is 5.16. The van der Waals surface area contributed by atoms with E-state index in [1.54, 1.807) is 0 Å². The molecule has 3 N–H and O–H groups in total.